The van der Waals surface area contributed by atoms with Crippen molar-refractivity contribution in [1.29, 1.82) is 0 Å². The molecule has 0 atom stereocenters. The molecular formula is C16H19F2N5O2S. The van der Waals surface area contributed by atoms with E-state index < -0.39 is 33.0 Å². The van der Waals surface area contributed by atoms with E-state index in [2.05, 4.69) is 9.71 Å². The van der Waals surface area contributed by atoms with Crippen LogP contribution in [0.1, 0.15) is 18.9 Å². The first-order chi connectivity index (χ1) is 12.2. The topological polar surface area (TPSA) is 114 Å². The molecule has 7 nitrogen and oxygen atoms in total. The third-order valence-corrected chi connectivity index (χ3v) is 4.81. The van der Waals surface area contributed by atoms with E-state index in [4.69, 9.17) is 11.6 Å². The summed E-state index contributed by atoms with van der Waals surface area (Å²) in [6.07, 6.45) is 4.46. The summed E-state index contributed by atoms with van der Waals surface area (Å²) >= 11 is 0. The third kappa shape index (κ3) is 4.67. The second kappa shape index (κ2) is 8.11. The molecule has 0 saturated heterocycles. The second-order valence-corrected chi connectivity index (χ2v) is 7.25. The average molecular weight is 383 g/mol. The maximum Gasteiger partial charge on any atom is 0.232 e. The number of nitrogens with one attached hydrogen (secondary N) is 1. The number of hydrogen-bond acceptors (Lipinski definition) is 6. The zero-order valence-electron chi connectivity index (χ0n) is 14.0. The van der Waals surface area contributed by atoms with Crippen molar-refractivity contribution >= 4 is 27.1 Å². The zero-order chi connectivity index (χ0) is 19.3. The van der Waals surface area contributed by atoms with E-state index in [1.165, 1.54) is 6.20 Å². The normalized spacial score (nSPS) is 12.1. The van der Waals surface area contributed by atoms with Gasteiger partial charge in [0.1, 0.15) is 5.69 Å². The van der Waals surface area contributed by atoms with Gasteiger partial charge in [0.25, 0.3) is 0 Å². The lowest BCUT2D eigenvalue weighted by atomic mass is 10.2. The monoisotopic (exact) mass is 383 g/mol. The van der Waals surface area contributed by atoms with E-state index in [-0.39, 0.29) is 11.4 Å². The largest absolute Gasteiger partial charge is 0.397 e. The maximum absolute atomic E-state index is 14.6. The summed E-state index contributed by atoms with van der Waals surface area (Å²) in [5.41, 5.74) is 5.43. The number of nitrogens with two attached hydrogens (primary N) is 2. The summed E-state index contributed by atoms with van der Waals surface area (Å²) in [4.78, 5) is 3.89. The van der Waals surface area contributed by atoms with E-state index in [0.717, 1.165) is 18.3 Å². The van der Waals surface area contributed by atoms with Crippen molar-refractivity contribution in [3.05, 3.63) is 60.1 Å². The minimum Gasteiger partial charge on any atom is -0.397 e. The summed E-state index contributed by atoms with van der Waals surface area (Å²) in [6, 6.07) is 5.19. The molecule has 140 valence electrons. The number of rotatable bonds is 7. The van der Waals surface area contributed by atoms with Crippen LogP contribution in [0.25, 0.3) is 5.70 Å². The summed E-state index contributed by atoms with van der Waals surface area (Å²) in [5.74, 6) is 3.41. The second-order valence-electron chi connectivity index (χ2n) is 5.41. The van der Waals surface area contributed by atoms with Gasteiger partial charge in [0, 0.05) is 24.2 Å². The van der Waals surface area contributed by atoms with Gasteiger partial charge in [-0.05, 0) is 30.7 Å². The third-order valence-electron chi connectivity index (χ3n) is 3.34. The molecule has 5 N–H and O–H groups in total. The van der Waals surface area contributed by atoms with Crippen LogP contribution in [0.2, 0.25) is 0 Å². The van der Waals surface area contributed by atoms with Crippen LogP contribution in [0.4, 0.5) is 20.2 Å². The highest BCUT2D eigenvalue weighted by molar-refractivity contribution is 7.92. The average Bonchev–Trinajstić information content (AvgIpc) is 2.58. The molecule has 0 radical (unpaired) electrons. The summed E-state index contributed by atoms with van der Waals surface area (Å²) in [6.45, 7) is 1.67. The van der Waals surface area contributed by atoms with Crippen molar-refractivity contribution in [3.8, 4) is 0 Å². The zero-order valence-corrected chi connectivity index (χ0v) is 14.8. The molecule has 0 bridgehead atoms. The summed E-state index contributed by atoms with van der Waals surface area (Å²) < 4.78 is 54.5. The number of sulfonamides is 1. The number of aromatic nitrogens is 1. The smallest absolute Gasteiger partial charge is 0.232 e. The number of pyridine rings is 1. The van der Waals surface area contributed by atoms with Gasteiger partial charge in [-0.2, -0.15) is 0 Å². The fourth-order valence-electron chi connectivity index (χ4n) is 2.17. The van der Waals surface area contributed by atoms with Crippen molar-refractivity contribution in [2.75, 3.05) is 15.5 Å². The number of hydrogen-bond donors (Lipinski definition) is 3. The molecule has 0 spiro atoms. The van der Waals surface area contributed by atoms with Crippen LogP contribution in [0.5, 0.6) is 0 Å². The molecular weight excluding hydrogens is 364 g/mol. The van der Waals surface area contributed by atoms with Gasteiger partial charge in [-0.3, -0.25) is 14.7 Å². The van der Waals surface area contributed by atoms with Gasteiger partial charge in [0.05, 0.1) is 17.1 Å². The Morgan fingerprint density at radius 2 is 2.08 bits per heavy atom. The molecule has 0 fully saturated rings. The first-order valence-corrected chi connectivity index (χ1v) is 9.30. The quantitative estimate of drug-likeness (QED) is 0.499. The fraction of sp³-hybridized carbons (Fsp3) is 0.188. The molecule has 0 aliphatic heterocycles. The van der Waals surface area contributed by atoms with Crippen LogP contribution >= 0.6 is 0 Å². The Kier molecular flexibility index (Phi) is 6.11. The van der Waals surface area contributed by atoms with Crippen molar-refractivity contribution in [2.24, 2.45) is 11.6 Å². The van der Waals surface area contributed by atoms with Crippen molar-refractivity contribution in [3.63, 3.8) is 0 Å². The molecule has 0 aliphatic rings. The lowest BCUT2D eigenvalue weighted by Crippen LogP contribution is -2.28. The summed E-state index contributed by atoms with van der Waals surface area (Å²) in [5, 5.41) is 0.657. The maximum atomic E-state index is 14.6. The predicted molar refractivity (Wildman–Crippen MR) is 97.1 cm³/mol. The van der Waals surface area contributed by atoms with Crippen molar-refractivity contribution in [1.82, 2.24) is 4.98 Å². The van der Waals surface area contributed by atoms with Gasteiger partial charge < -0.3 is 5.73 Å². The SMILES string of the molecule is CCCS(=O)(=O)Nc1ccc(F)c(N(N)/C=C(\N)c2cccnc2)c1F. The van der Waals surface area contributed by atoms with Crippen molar-refractivity contribution < 1.29 is 17.2 Å². The number of benzene rings is 1. The predicted octanol–water partition coefficient (Wildman–Crippen LogP) is 2.15. The van der Waals surface area contributed by atoms with Crippen LogP contribution < -0.4 is 21.3 Å². The highest BCUT2D eigenvalue weighted by atomic mass is 32.2. The molecule has 26 heavy (non-hydrogen) atoms. The number of halogens is 2. The standard InChI is InChI=1S/C16H19F2N5O2S/c1-2-8-26(24,25)22-14-6-5-12(17)16(15(14)18)23(20)10-13(19)11-4-3-7-21-9-11/h3-7,9-10,22H,2,8,19-20H2,1H3/b13-10-. The van der Waals surface area contributed by atoms with Crippen LogP contribution in [-0.4, -0.2) is 19.2 Å². The van der Waals surface area contributed by atoms with Crippen LogP contribution in [0, 0.1) is 11.6 Å². The molecule has 0 unspecified atom stereocenters. The minimum atomic E-state index is -3.75. The molecule has 1 aromatic carbocycles. The highest BCUT2D eigenvalue weighted by Crippen LogP contribution is 2.29. The van der Waals surface area contributed by atoms with E-state index in [1.807, 2.05) is 0 Å². The van der Waals surface area contributed by atoms with Crippen molar-refractivity contribution in [2.45, 2.75) is 13.3 Å². The number of anilines is 2. The Balaban J connectivity index is 2.38. The first-order valence-electron chi connectivity index (χ1n) is 7.65. The van der Waals surface area contributed by atoms with E-state index in [9.17, 15) is 17.2 Å². The first kappa shape index (κ1) is 19.6. The van der Waals surface area contributed by atoms with Gasteiger partial charge >= 0.3 is 0 Å². The molecule has 1 aromatic heterocycles. The molecule has 0 aliphatic carbocycles. The van der Waals surface area contributed by atoms with Crippen LogP contribution in [-0.2, 0) is 10.0 Å². The lowest BCUT2D eigenvalue weighted by molar-refractivity contribution is 0.580. The fourth-order valence-corrected chi connectivity index (χ4v) is 3.30. The molecule has 2 aromatic rings. The lowest BCUT2D eigenvalue weighted by Gasteiger charge is -2.19. The van der Waals surface area contributed by atoms with Gasteiger partial charge in [-0.15, -0.1) is 0 Å². The Hall–Kier alpha value is -2.72. The molecule has 0 saturated carbocycles. The summed E-state index contributed by atoms with van der Waals surface area (Å²) in [7, 11) is -3.75. The van der Waals surface area contributed by atoms with E-state index in [1.54, 1.807) is 25.3 Å². The minimum absolute atomic E-state index is 0.122. The van der Waals surface area contributed by atoms with Gasteiger partial charge in [-0.1, -0.05) is 6.92 Å². The van der Waals surface area contributed by atoms with Gasteiger partial charge in [0.2, 0.25) is 10.0 Å². The number of hydrazine groups is 1. The highest BCUT2D eigenvalue weighted by Gasteiger charge is 2.20. The molecule has 1 heterocycles. The molecule has 10 heteroatoms. The van der Waals surface area contributed by atoms with E-state index in [0.29, 0.717) is 17.0 Å². The van der Waals surface area contributed by atoms with Gasteiger partial charge in [-0.25, -0.2) is 23.0 Å². The Morgan fingerprint density at radius 1 is 1.35 bits per heavy atom. The molecule has 0 amide bonds. The van der Waals surface area contributed by atoms with Crippen LogP contribution in [0.15, 0.2) is 42.9 Å². The Bertz CT molecular complexity index is 904. The Labute approximate surface area is 150 Å². The molecule has 2 rings (SSSR count). The van der Waals surface area contributed by atoms with Gasteiger partial charge in [0.15, 0.2) is 11.6 Å². The van der Waals surface area contributed by atoms with Crippen LogP contribution in [0.3, 0.4) is 0 Å². The van der Waals surface area contributed by atoms with E-state index >= 15 is 0 Å². The Morgan fingerprint density at radius 3 is 2.69 bits per heavy atom. The number of nitrogens with zero attached hydrogens (tertiary/aromatic N) is 2.